The van der Waals surface area contributed by atoms with Crippen molar-refractivity contribution < 1.29 is 9.59 Å². The first-order chi connectivity index (χ1) is 11.5. The summed E-state index contributed by atoms with van der Waals surface area (Å²) in [6, 6.07) is 7.00. The molecular formula is C18H24ClN3O2. The van der Waals surface area contributed by atoms with Crippen LogP contribution in [0.5, 0.6) is 0 Å². The molecule has 3 rings (SSSR count). The zero-order valence-corrected chi connectivity index (χ0v) is 14.7. The highest BCUT2D eigenvalue weighted by Crippen LogP contribution is 2.31. The molecule has 0 spiro atoms. The van der Waals surface area contributed by atoms with Crippen LogP contribution in [-0.4, -0.2) is 42.4 Å². The summed E-state index contributed by atoms with van der Waals surface area (Å²) in [5.74, 6) is -0.0653. The molecule has 24 heavy (non-hydrogen) atoms. The summed E-state index contributed by atoms with van der Waals surface area (Å²) in [5, 5.41) is 0.554. The number of rotatable bonds is 3. The average Bonchev–Trinajstić information content (AvgIpc) is 2.95. The zero-order chi connectivity index (χ0) is 17.3. The molecule has 1 aromatic rings. The highest BCUT2D eigenvalue weighted by molar-refractivity contribution is 6.34. The topological polar surface area (TPSA) is 66.6 Å². The number of nitrogens with zero attached hydrogens (tertiary/aromatic N) is 2. The molecule has 0 bridgehead atoms. The Kier molecular flexibility index (Phi) is 5.11. The minimum atomic E-state index is -0.410. The number of hydrogen-bond donors (Lipinski definition) is 1. The maximum Gasteiger partial charge on any atom is 0.249 e. The Morgan fingerprint density at radius 1 is 1.29 bits per heavy atom. The Hall–Kier alpha value is -1.59. The summed E-state index contributed by atoms with van der Waals surface area (Å²) < 4.78 is 0. The average molecular weight is 350 g/mol. The van der Waals surface area contributed by atoms with Crippen molar-refractivity contribution in [3.63, 3.8) is 0 Å². The van der Waals surface area contributed by atoms with Crippen LogP contribution < -0.4 is 10.6 Å². The first kappa shape index (κ1) is 17.2. The van der Waals surface area contributed by atoms with Crippen LogP contribution in [0.3, 0.4) is 0 Å². The second-order valence-corrected chi connectivity index (χ2v) is 7.23. The van der Waals surface area contributed by atoms with Crippen molar-refractivity contribution in [1.82, 2.24) is 4.90 Å². The lowest BCUT2D eigenvalue weighted by atomic mass is 9.85. The van der Waals surface area contributed by atoms with Crippen molar-refractivity contribution in [3.8, 4) is 0 Å². The van der Waals surface area contributed by atoms with E-state index in [1.807, 2.05) is 18.2 Å². The molecule has 1 aliphatic carbocycles. The summed E-state index contributed by atoms with van der Waals surface area (Å²) in [5.41, 5.74) is 6.71. The molecule has 1 aliphatic heterocycles. The fourth-order valence-electron chi connectivity index (χ4n) is 3.83. The van der Waals surface area contributed by atoms with Crippen LogP contribution in [0.1, 0.15) is 32.1 Å². The quantitative estimate of drug-likeness (QED) is 0.911. The molecule has 1 aromatic carbocycles. The third-order valence-electron chi connectivity index (χ3n) is 5.20. The Bertz CT molecular complexity index is 636. The fraction of sp³-hybridized carbons (Fsp3) is 0.556. The predicted molar refractivity (Wildman–Crippen MR) is 94.9 cm³/mol. The summed E-state index contributed by atoms with van der Waals surface area (Å²) in [4.78, 5) is 28.9. The molecule has 6 heteroatoms. The second-order valence-electron chi connectivity index (χ2n) is 6.82. The van der Waals surface area contributed by atoms with Gasteiger partial charge in [0.1, 0.15) is 6.04 Å². The minimum Gasteiger partial charge on any atom is -0.333 e. The summed E-state index contributed by atoms with van der Waals surface area (Å²) in [6.07, 6.45) is 4.18. The van der Waals surface area contributed by atoms with Crippen LogP contribution in [0.2, 0.25) is 5.02 Å². The predicted octanol–water partition coefficient (Wildman–Crippen LogP) is 2.42. The zero-order valence-electron chi connectivity index (χ0n) is 14.0. The Morgan fingerprint density at radius 3 is 2.75 bits per heavy atom. The summed E-state index contributed by atoms with van der Waals surface area (Å²) in [7, 11) is 1.74. The molecule has 1 saturated carbocycles. The molecule has 1 saturated heterocycles. The monoisotopic (exact) mass is 349 g/mol. The molecule has 0 unspecified atom stereocenters. The van der Waals surface area contributed by atoms with E-state index in [2.05, 4.69) is 0 Å². The first-order valence-electron chi connectivity index (χ1n) is 8.57. The molecule has 5 nitrogen and oxygen atoms in total. The van der Waals surface area contributed by atoms with Crippen molar-refractivity contribution in [3.05, 3.63) is 29.3 Å². The SMILES string of the molecule is CN(C(=O)[C@@H]1CCC[C@H](N)C1)[C@H]1CCN(c2ccccc2Cl)C1=O. The standard InChI is InChI=1S/C18H24ClN3O2/c1-21(17(23)12-5-4-6-13(20)11-12)16-9-10-22(18(16)24)15-8-3-2-7-14(15)19/h2-3,7-8,12-13,16H,4-6,9-11,20H2,1H3/t12-,13+,16+/m1/s1. The number of anilines is 1. The second kappa shape index (κ2) is 7.11. The first-order valence-corrected chi connectivity index (χ1v) is 8.95. The number of amides is 2. The minimum absolute atomic E-state index is 0.0458. The lowest BCUT2D eigenvalue weighted by molar-refractivity contribution is -0.141. The molecule has 2 aliphatic rings. The van der Waals surface area contributed by atoms with Gasteiger partial charge in [-0.2, -0.15) is 0 Å². The summed E-state index contributed by atoms with van der Waals surface area (Å²) in [6.45, 7) is 0.578. The lowest BCUT2D eigenvalue weighted by Gasteiger charge is -2.31. The molecule has 0 aromatic heterocycles. The van der Waals surface area contributed by atoms with Crippen molar-refractivity contribution >= 4 is 29.1 Å². The van der Waals surface area contributed by atoms with Crippen LogP contribution in [0, 0.1) is 5.92 Å². The highest BCUT2D eigenvalue weighted by atomic mass is 35.5. The largest absolute Gasteiger partial charge is 0.333 e. The van der Waals surface area contributed by atoms with E-state index in [1.54, 1.807) is 22.9 Å². The number of carbonyl (C=O) groups excluding carboxylic acids is 2. The van der Waals surface area contributed by atoms with Gasteiger partial charge in [-0.05, 0) is 37.8 Å². The molecule has 2 amide bonds. The van der Waals surface area contributed by atoms with Gasteiger partial charge >= 0.3 is 0 Å². The van der Waals surface area contributed by atoms with Gasteiger partial charge < -0.3 is 15.5 Å². The Labute approximate surface area is 147 Å². The number of nitrogens with two attached hydrogens (primary N) is 1. The van der Waals surface area contributed by atoms with Gasteiger partial charge in [0, 0.05) is 25.6 Å². The van der Waals surface area contributed by atoms with Gasteiger partial charge in [0.15, 0.2) is 0 Å². The Morgan fingerprint density at radius 2 is 2.04 bits per heavy atom. The Balaban J connectivity index is 1.70. The maximum atomic E-state index is 12.8. The van der Waals surface area contributed by atoms with Gasteiger partial charge in [-0.15, -0.1) is 0 Å². The molecule has 2 fully saturated rings. The van der Waals surface area contributed by atoms with Crippen LogP contribution in [0.4, 0.5) is 5.69 Å². The van der Waals surface area contributed by atoms with Crippen LogP contribution in [0.25, 0.3) is 0 Å². The van der Waals surface area contributed by atoms with Gasteiger partial charge in [-0.1, -0.05) is 30.2 Å². The third kappa shape index (κ3) is 3.28. The molecule has 3 atom stereocenters. The van der Waals surface area contributed by atoms with Gasteiger partial charge in [0.2, 0.25) is 11.8 Å². The summed E-state index contributed by atoms with van der Waals surface area (Å²) >= 11 is 6.21. The van der Waals surface area contributed by atoms with Gasteiger partial charge in [-0.25, -0.2) is 0 Å². The van der Waals surface area contributed by atoms with Crippen molar-refractivity contribution in [1.29, 1.82) is 0 Å². The lowest BCUT2D eigenvalue weighted by Crippen LogP contribution is -2.47. The molecule has 2 N–H and O–H groups in total. The normalized spacial score (nSPS) is 27.4. The number of likely N-dealkylation sites (N-methyl/N-ethyl adjacent to an activating group) is 1. The van der Waals surface area contributed by atoms with E-state index in [0.29, 0.717) is 23.7 Å². The van der Waals surface area contributed by atoms with E-state index >= 15 is 0 Å². The number of carbonyl (C=O) groups is 2. The maximum absolute atomic E-state index is 12.8. The highest BCUT2D eigenvalue weighted by Gasteiger charge is 2.39. The number of hydrogen-bond acceptors (Lipinski definition) is 3. The van der Waals surface area contributed by atoms with E-state index < -0.39 is 6.04 Å². The van der Waals surface area contributed by atoms with Crippen molar-refractivity contribution in [2.45, 2.75) is 44.2 Å². The van der Waals surface area contributed by atoms with E-state index in [1.165, 1.54) is 0 Å². The molecule has 1 heterocycles. The van der Waals surface area contributed by atoms with E-state index in [0.717, 1.165) is 25.7 Å². The van der Waals surface area contributed by atoms with Crippen LogP contribution in [-0.2, 0) is 9.59 Å². The van der Waals surface area contributed by atoms with Gasteiger partial charge in [-0.3, -0.25) is 9.59 Å². The number of para-hydroxylation sites is 1. The van der Waals surface area contributed by atoms with Gasteiger partial charge in [0.25, 0.3) is 0 Å². The fourth-order valence-corrected chi connectivity index (χ4v) is 4.07. The molecular weight excluding hydrogens is 326 g/mol. The van der Waals surface area contributed by atoms with E-state index in [-0.39, 0.29) is 23.8 Å². The number of halogens is 1. The third-order valence-corrected chi connectivity index (χ3v) is 5.52. The van der Waals surface area contributed by atoms with Crippen molar-refractivity contribution in [2.24, 2.45) is 11.7 Å². The van der Waals surface area contributed by atoms with Crippen LogP contribution in [0.15, 0.2) is 24.3 Å². The van der Waals surface area contributed by atoms with Gasteiger partial charge in [0.05, 0.1) is 10.7 Å². The number of benzene rings is 1. The van der Waals surface area contributed by atoms with E-state index in [9.17, 15) is 9.59 Å². The molecule has 130 valence electrons. The van der Waals surface area contributed by atoms with E-state index in [4.69, 9.17) is 17.3 Å². The smallest absolute Gasteiger partial charge is 0.249 e. The van der Waals surface area contributed by atoms with Crippen LogP contribution >= 0.6 is 11.6 Å². The van der Waals surface area contributed by atoms with Crippen molar-refractivity contribution in [2.75, 3.05) is 18.5 Å². The molecule has 0 radical (unpaired) electrons.